The average Bonchev–Trinajstić information content (AvgIpc) is 2.61. The van der Waals surface area contributed by atoms with Crippen LogP contribution in [0.4, 0.5) is 0 Å². The number of fused-ring (bicyclic) bond motifs is 1. The molecule has 3 heteroatoms. The summed E-state index contributed by atoms with van der Waals surface area (Å²) < 4.78 is 6.66. The van der Waals surface area contributed by atoms with Crippen molar-refractivity contribution in [2.24, 2.45) is 11.3 Å². The lowest BCUT2D eigenvalue weighted by Gasteiger charge is -2.42. The van der Waals surface area contributed by atoms with Gasteiger partial charge in [-0.05, 0) is 47.5 Å². The van der Waals surface area contributed by atoms with Gasteiger partial charge in [0, 0.05) is 6.42 Å². The highest BCUT2D eigenvalue weighted by atomic mass is 28.4. The summed E-state index contributed by atoms with van der Waals surface area (Å²) in [5, 5.41) is 0.213. The fourth-order valence-electron chi connectivity index (χ4n) is 3.10. The molecule has 2 aliphatic carbocycles. The summed E-state index contributed by atoms with van der Waals surface area (Å²) in [7, 11) is -1.79. The summed E-state index contributed by atoms with van der Waals surface area (Å²) >= 11 is 0. The largest absolute Gasteiger partial charge is 0.410 e. The molecule has 2 unspecified atom stereocenters. The molecular weight excluding hydrogens is 252 g/mol. The van der Waals surface area contributed by atoms with Gasteiger partial charge in [-0.15, -0.1) is 0 Å². The number of rotatable bonds is 2. The summed E-state index contributed by atoms with van der Waals surface area (Å²) in [5.74, 6) is 0.733. The molecule has 0 radical (unpaired) electrons. The number of allylic oxidation sites excluding steroid dienone is 1. The van der Waals surface area contributed by atoms with E-state index in [-0.39, 0.29) is 16.6 Å². The maximum atomic E-state index is 11.7. The van der Waals surface area contributed by atoms with E-state index in [1.54, 1.807) is 0 Å². The Labute approximate surface area is 118 Å². The predicted molar refractivity (Wildman–Crippen MR) is 81.7 cm³/mol. The molecule has 0 bridgehead atoms. The molecule has 0 aromatic rings. The highest BCUT2D eigenvalue weighted by Crippen LogP contribution is 2.52. The number of hydrogen-bond acceptors (Lipinski definition) is 2. The van der Waals surface area contributed by atoms with E-state index in [4.69, 9.17) is 4.43 Å². The highest BCUT2D eigenvalue weighted by Gasteiger charge is 2.51. The topological polar surface area (TPSA) is 26.3 Å². The molecule has 2 nitrogen and oxygen atoms in total. The van der Waals surface area contributed by atoms with Gasteiger partial charge in [0.1, 0.15) is 0 Å². The molecule has 0 aromatic carbocycles. The molecule has 1 fully saturated rings. The normalized spacial score (nSPS) is 30.5. The van der Waals surface area contributed by atoms with Crippen LogP contribution >= 0.6 is 0 Å². The van der Waals surface area contributed by atoms with Crippen molar-refractivity contribution in [2.75, 3.05) is 0 Å². The minimum absolute atomic E-state index is 0.143. The minimum atomic E-state index is -1.79. The van der Waals surface area contributed by atoms with Crippen LogP contribution in [-0.2, 0) is 9.22 Å². The second-order valence-electron chi connectivity index (χ2n) is 8.46. The molecule has 1 saturated carbocycles. The predicted octanol–water partition coefficient (Wildman–Crippen LogP) is 4.32. The van der Waals surface area contributed by atoms with Crippen molar-refractivity contribution in [3.8, 4) is 0 Å². The molecule has 108 valence electrons. The second kappa shape index (κ2) is 4.29. The fraction of sp³-hybridized carbons (Fsp3) is 0.812. The highest BCUT2D eigenvalue weighted by molar-refractivity contribution is 6.74. The molecule has 0 aromatic heterocycles. The van der Waals surface area contributed by atoms with Crippen molar-refractivity contribution in [3.05, 3.63) is 11.6 Å². The van der Waals surface area contributed by atoms with Crippen LogP contribution in [-0.4, -0.2) is 20.2 Å². The third-order valence-corrected chi connectivity index (χ3v) is 9.69. The van der Waals surface area contributed by atoms with E-state index in [1.165, 1.54) is 5.57 Å². The number of hydrogen-bond donors (Lipinski definition) is 0. The maximum Gasteiger partial charge on any atom is 0.192 e. The van der Waals surface area contributed by atoms with Crippen LogP contribution in [0.3, 0.4) is 0 Å². The van der Waals surface area contributed by atoms with Crippen LogP contribution in [0, 0.1) is 11.3 Å². The van der Waals surface area contributed by atoms with Gasteiger partial charge in [-0.25, -0.2) is 0 Å². The summed E-state index contributed by atoms with van der Waals surface area (Å²) in [6, 6.07) is 0. The molecule has 0 N–H and O–H groups in total. The van der Waals surface area contributed by atoms with E-state index in [2.05, 4.69) is 47.7 Å². The van der Waals surface area contributed by atoms with Crippen molar-refractivity contribution in [1.29, 1.82) is 0 Å². The number of carbonyl (C=O) groups is 1. The minimum Gasteiger partial charge on any atom is -0.410 e. The Balaban J connectivity index is 2.28. The third-order valence-electron chi connectivity index (χ3n) is 5.25. The molecule has 2 aliphatic rings. The summed E-state index contributed by atoms with van der Waals surface area (Å²) in [4.78, 5) is 11.7. The van der Waals surface area contributed by atoms with Crippen molar-refractivity contribution >= 4 is 14.1 Å². The fourth-order valence-corrected chi connectivity index (χ4v) is 4.49. The maximum absolute atomic E-state index is 11.7. The van der Waals surface area contributed by atoms with Gasteiger partial charge < -0.3 is 4.43 Å². The third kappa shape index (κ3) is 2.59. The van der Waals surface area contributed by atoms with Crippen LogP contribution < -0.4 is 0 Å². The van der Waals surface area contributed by atoms with Crippen molar-refractivity contribution in [3.63, 3.8) is 0 Å². The van der Waals surface area contributed by atoms with E-state index >= 15 is 0 Å². The first-order chi connectivity index (χ1) is 8.44. The zero-order valence-corrected chi connectivity index (χ0v) is 14.5. The zero-order valence-electron chi connectivity index (χ0n) is 13.5. The molecule has 0 spiro atoms. The molecule has 0 aliphatic heterocycles. The summed E-state index contributed by atoms with van der Waals surface area (Å²) in [5.41, 5.74) is 1.44. The van der Waals surface area contributed by atoms with E-state index in [0.717, 1.165) is 6.42 Å². The Kier molecular flexibility index (Phi) is 3.38. The molecule has 0 amide bonds. The molecule has 2 atom stereocenters. The molecular formula is C16H28O2Si. The van der Waals surface area contributed by atoms with Gasteiger partial charge in [-0.3, -0.25) is 4.79 Å². The van der Waals surface area contributed by atoms with Crippen LogP contribution in [0.15, 0.2) is 11.6 Å². The lowest BCUT2D eigenvalue weighted by Crippen LogP contribution is -2.46. The second-order valence-corrected chi connectivity index (χ2v) is 13.2. The average molecular weight is 280 g/mol. The first-order valence-electron chi connectivity index (χ1n) is 7.36. The lowest BCUT2D eigenvalue weighted by molar-refractivity contribution is -0.114. The van der Waals surface area contributed by atoms with Crippen LogP contribution in [0.5, 0.6) is 0 Å². The first-order valence-corrected chi connectivity index (χ1v) is 10.3. The van der Waals surface area contributed by atoms with Crippen molar-refractivity contribution in [2.45, 2.75) is 71.7 Å². The number of carbonyl (C=O) groups excluding carboxylic acids is 1. The molecule has 2 rings (SSSR count). The van der Waals surface area contributed by atoms with Crippen LogP contribution in [0.2, 0.25) is 18.1 Å². The molecule has 19 heavy (non-hydrogen) atoms. The molecule has 0 heterocycles. The zero-order chi connectivity index (χ0) is 14.6. The van der Waals surface area contributed by atoms with Crippen molar-refractivity contribution < 1.29 is 9.22 Å². The van der Waals surface area contributed by atoms with Gasteiger partial charge >= 0.3 is 0 Å². The Bertz CT molecular complexity index is 427. The quantitative estimate of drug-likeness (QED) is 0.704. The first kappa shape index (κ1) is 15.0. The Morgan fingerprint density at radius 3 is 2.42 bits per heavy atom. The van der Waals surface area contributed by atoms with Gasteiger partial charge in [0.25, 0.3) is 0 Å². The summed E-state index contributed by atoms with van der Waals surface area (Å²) in [6.45, 7) is 16.0. The Hall–Kier alpha value is -0.413. The van der Waals surface area contributed by atoms with E-state index in [1.807, 2.05) is 6.08 Å². The number of ketones is 1. The van der Waals surface area contributed by atoms with Crippen molar-refractivity contribution in [1.82, 2.24) is 0 Å². The van der Waals surface area contributed by atoms with Crippen LogP contribution in [0.1, 0.15) is 47.5 Å². The van der Waals surface area contributed by atoms with Gasteiger partial charge in [-0.1, -0.05) is 34.6 Å². The Morgan fingerprint density at radius 1 is 1.32 bits per heavy atom. The van der Waals surface area contributed by atoms with E-state index in [9.17, 15) is 4.79 Å². The lowest BCUT2D eigenvalue weighted by atomic mass is 9.87. The van der Waals surface area contributed by atoms with E-state index < -0.39 is 8.32 Å². The van der Waals surface area contributed by atoms with Gasteiger partial charge in [0.05, 0.1) is 6.10 Å². The SMILES string of the molecule is CC1(C)CC2CC(=O)C=C2C1O[Si](C)(C)C(C)(C)C. The van der Waals surface area contributed by atoms with E-state index in [0.29, 0.717) is 18.1 Å². The van der Waals surface area contributed by atoms with Gasteiger partial charge in [-0.2, -0.15) is 0 Å². The Morgan fingerprint density at radius 2 is 1.89 bits per heavy atom. The van der Waals surface area contributed by atoms with Crippen LogP contribution in [0.25, 0.3) is 0 Å². The smallest absolute Gasteiger partial charge is 0.192 e. The summed E-state index contributed by atoms with van der Waals surface area (Å²) in [6.07, 6.45) is 3.81. The standard InChI is InChI=1S/C16H28O2Si/c1-15(2,3)19(6,7)18-14-13-9-12(17)8-11(13)10-16(14,4)5/h9,11,14H,8,10H2,1-7H3. The molecule has 0 saturated heterocycles. The monoisotopic (exact) mass is 280 g/mol. The van der Waals surface area contributed by atoms with Gasteiger partial charge in [0.2, 0.25) is 0 Å². The van der Waals surface area contributed by atoms with Gasteiger partial charge in [0.15, 0.2) is 14.1 Å².